The molecule has 2 aliphatic heterocycles. The van der Waals surface area contributed by atoms with Crippen molar-refractivity contribution < 1.29 is 8.42 Å². The first-order chi connectivity index (χ1) is 12.1. The SMILES string of the molecule is CCNC(=NCc1ccc(N2CC=CC2)cc1)NC1CCS(=O)(=O)C1. The molecule has 136 valence electrons. The Morgan fingerprint density at radius 3 is 2.56 bits per heavy atom. The average molecular weight is 362 g/mol. The predicted octanol–water partition coefficient (Wildman–Crippen LogP) is 1.31. The molecule has 6 nitrogen and oxygen atoms in total. The standard InChI is InChI=1S/C18H26N4O2S/c1-2-19-18(21-16-9-12-25(23,24)14-16)20-13-15-5-7-17(8-6-15)22-10-3-4-11-22/h3-8,16H,2,9-14H2,1H3,(H2,19,20,21). The van der Waals surface area contributed by atoms with Crippen LogP contribution in [0, 0.1) is 0 Å². The lowest BCUT2D eigenvalue weighted by Crippen LogP contribution is -2.44. The summed E-state index contributed by atoms with van der Waals surface area (Å²) in [7, 11) is -2.89. The van der Waals surface area contributed by atoms with E-state index in [9.17, 15) is 8.42 Å². The summed E-state index contributed by atoms with van der Waals surface area (Å²) in [5.74, 6) is 1.13. The first-order valence-electron chi connectivity index (χ1n) is 8.80. The molecule has 1 fully saturated rings. The summed E-state index contributed by atoms with van der Waals surface area (Å²) in [6.07, 6.45) is 5.00. The van der Waals surface area contributed by atoms with Gasteiger partial charge in [0.2, 0.25) is 0 Å². The molecule has 2 aliphatic rings. The summed E-state index contributed by atoms with van der Waals surface area (Å²) in [5.41, 5.74) is 2.35. The fraction of sp³-hybridized carbons (Fsp3) is 0.500. The maximum absolute atomic E-state index is 11.6. The molecule has 1 atom stereocenters. The van der Waals surface area contributed by atoms with Crippen molar-refractivity contribution in [3.05, 3.63) is 42.0 Å². The molecule has 0 spiro atoms. The van der Waals surface area contributed by atoms with E-state index in [0.717, 1.165) is 25.2 Å². The van der Waals surface area contributed by atoms with Gasteiger partial charge >= 0.3 is 0 Å². The van der Waals surface area contributed by atoms with Crippen LogP contribution >= 0.6 is 0 Å². The number of hydrogen-bond acceptors (Lipinski definition) is 4. The number of hydrogen-bond donors (Lipinski definition) is 2. The predicted molar refractivity (Wildman–Crippen MR) is 103 cm³/mol. The second kappa shape index (κ2) is 7.91. The maximum atomic E-state index is 11.6. The molecule has 2 heterocycles. The third-order valence-corrected chi connectivity index (χ3v) is 6.22. The minimum Gasteiger partial charge on any atom is -0.364 e. The van der Waals surface area contributed by atoms with E-state index in [1.165, 1.54) is 5.69 Å². The monoisotopic (exact) mass is 362 g/mol. The maximum Gasteiger partial charge on any atom is 0.191 e. The molecule has 0 bridgehead atoms. The normalized spacial score (nSPS) is 22.4. The van der Waals surface area contributed by atoms with Crippen LogP contribution < -0.4 is 15.5 Å². The zero-order valence-corrected chi connectivity index (χ0v) is 15.4. The van der Waals surface area contributed by atoms with E-state index < -0.39 is 9.84 Å². The van der Waals surface area contributed by atoms with Crippen LogP contribution in [-0.2, 0) is 16.4 Å². The zero-order chi connectivity index (χ0) is 17.7. The van der Waals surface area contributed by atoms with Crippen molar-refractivity contribution in [2.24, 2.45) is 4.99 Å². The van der Waals surface area contributed by atoms with Gasteiger partial charge in [-0.2, -0.15) is 0 Å². The molecular formula is C18H26N4O2S. The van der Waals surface area contributed by atoms with Gasteiger partial charge in [0.15, 0.2) is 15.8 Å². The molecule has 0 aromatic heterocycles. The Morgan fingerprint density at radius 2 is 1.96 bits per heavy atom. The van der Waals surface area contributed by atoms with Crippen LogP contribution in [0.1, 0.15) is 18.9 Å². The first kappa shape index (κ1) is 17.8. The summed E-state index contributed by atoms with van der Waals surface area (Å²) < 4.78 is 23.2. The highest BCUT2D eigenvalue weighted by atomic mass is 32.2. The molecule has 7 heteroatoms. The van der Waals surface area contributed by atoms with Crippen LogP contribution in [0.2, 0.25) is 0 Å². The molecule has 25 heavy (non-hydrogen) atoms. The van der Waals surface area contributed by atoms with Gasteiger partial charge < -0.3 is 15.5 Å². The Balaban J connectivity index is 1.59. The van der Waals surface area contributed by atoms with Crippen LogP contribution in [0.25, 0.3) is 0 Å². The van der Waals surface area contributed by atoms with Gasteiger partial charge in [0.1, 0.15) is 0 Å². The van der Waals surface area contributed by atoms with E-state index in [1.54, 1.807) is 0 Å². The highest BCUT2D eigenvalue weighted by Crippen LogP contribution is 2.18. The van der Waals surface area contributed by atoms with E-state index in [4.69, 9.17) is 0 Å². The molecule has 3 rings (SSSR count). The van der Waals surface area contributed by atoms with Crippen LogP contribution in [0.4, 0.5) is 5.69 Å². The Morgan fingerprint density at radius 1 is 1.24 bits per heavy atom. The van der Waals surface area contributed by atoms with Gasteiger partial charge in [-0.1, -0.05) is 24.3 Å². The van der Waals surface area contributed by atoms with E-state index in [2.05, 4.69) is 56.9 Å². The number of sulfone groups is 1. The third kappa shape index (κ3) is 4.98. The zero-order valence-electron chi connectivity index (χ0n) is 14.6. The van der Waals surface area contributed by atoms with Crippen LogP contribution in [0.5, 0.6) is 0 Å². The van der Waals surface area contributed by atoms with Crippen molar-refractivity contribution in [2.45, 2.75) is 25.9 Å². The molecule has 0 radical (unpaired) electrons. The number of anilines is 1. The minimum atomic E-state index is -2.89. The van der Waals surface area contributed by atoms with Crippen molar-refractivity contribution in [1.82, 2.24) is 10.6 Å². The molecular weight excluding hydrogens is 336 g/mol. The molecule has 0 amide bonds. The van der Waals surface area contributed by atoms with Gasteiger partial charge in [-0.3, -0.25) is 0 Å². The van der Waals surface area contributed by atoms with Gasteiger partial charge in [-0.05, 0) is 31.0 Å². The van der Waals surface area contributed by atoms with E-state index in [0.29, 0.717) is 18.9 Å². The lowest BCUT2D eigenvalue weighted by Gasteiger charge is -2.18. The fourth-order valence-corrected chi connectivity index (χ4v) is 4.77. The van der Waals surface area contributed by atoms with Gasteiger partial charge in [0.25, 0.3) is 0 Å². The molecule has 2 N–H and O–H groups in total. The average Bonchev–Trinajstić information content (AvgIpc) is 3.23. The number of rotatable bonds is 5. The number of nitrogens with one attached hydrogen (secondary N) is 2. The summed E-state index contributed by atoms with van der Waals surface area (Å²) >= 11 is 0. The smallest absolute Gasteiger partial charge is 0.191 e. The summed E-state index contributed by atoms with van der Waals surface area (Å²) in [5, 5.41) is 6.43. The van der Waals surface area contributed by atoms with Crippen LogP contribution in [-0.4, -0.2) is 51.6 Å². The number of benzene rings is 1. The van der Waals surface area contributed by atoms with Crippen LogP contribution in [0.15, 0.2) is 41.4 Å². The van der Waals surface area contributed by atoms with Gasteiger partial charge in [0, 0.05) is 31.4 Å². The largest absolute Gasteiger partial charge is 0.364 e. The Hall–Kier alpha value is -2.02. The van der Waals surface area contributed by atoms with Crippen molar-refractivity contribution in [3.8, 4) is 0 Å². The summed E-state index contributed by atoms with van der Waals surface area (Å²) in [6, 6.07) is 8.40. The van der Waals surface area contributed by atoms with Crippen LogP contribution in [0.3, 0.4) is 0 Å². The quantitative estimate of drug-likeness (QED) is 0.469. The van der Waals surface area contributed by atoms with Crippen molar-refractivity contribution >= 4 is 21.5 Å². The molecule has 1 unspecified atom stereocenters. The molecule has 0 aliphatic carbocycles. The highest BCUT2D eigenvalue weighted by molar-refractivity contribution is 7.91. The topological polar surface area (TPSA) is 73.8 Å². The molecule has 1 saturated heterocycles. The van der Waals surface area contributed by atoms with E-state index >= 15 is 0 Å². The third-order valence-electron chi connectivity index (χ3n) is 4.46. The molecule has 1 aromatic carbocycles. The lowest BCUT2D eigenvalue weighted by molar-refractivity contribution is 0.599. The highest BCUT2D eigenvalue weighted by Gasteiger charge is 2.28. The second-order valence-electron chi connectivity index (χ2n) is 6.48. The molecule has 0 saturated carbocycles. The Labute approximate surface area is 149 Å². The van der Waals surface area contributed by atoms with Gasteiger partial charge in [0.05, 0.1) is 18.1 Å². The lowest BCUT2D eigenvalue weighted by atomic mass is 10.2. The minimum absolute atomic E-state index is 0.0483. The van der Waals surface area contributed by atoms with Gasteiger partial charge in [-0.15, -0.1) is 0 Å². The summed E-state index contributed by atoms with van der Waals surface area (Å²) in [6.45, 7) is 5.24. The second-order valence-corrected chi connectivity index (χ2v) is 8.71. The number of nitrogens with zero attached hydrogens (tertiary/aromatic N) is 2. The van der Waals surface area contributed by atoms with E-state index in [1.807, 2.05) is 6.92 Å². The fourth-order valence-electron chi connectivity index (χ4n) is 3.09. The van der Waals surface area contributed by atoms with Gasteiger partial charge in [-0.25, -0.2) is 13.4 Å². The summed E-state index contributed by atoms with van der Waals surface area (Å²) in [4.78, 5) is 6.90. The van der Waals surface area contributed by atoms with E-state index in [-0.39, 0.29) is 17.5 Å². The molecule has 1 aromatic rings. The first-order valence-corrected chi connectivity index (χ1v) is 10.6. The van der Waals surface area contributed by atoms with Crippen molar-refractivity contribution in [1.29, 1.82) is 0 Å². The van der Waals surface area contributed by atoms with Crippen molar-refractivity contribution in [3.63, 3.8) is 0 Å². The number of guanidine groups is 1. The number of aliphatic imine (C=N–C) groups is 1. The van der Waals surface area contributed by atoms with Crippen molar-refractivity contribution in [2.75, 3.05) is 36.0 Å². The Kier molecular flexibility index (Phi) is 5.63. The Bertz CT molecular complexity index is 733.